The van der Waals surface area contributed by atoms with Crippen LogP contribution in [0.25, 0.3) is 0 Å². The summed E-state index contributed by atoms with van der Waals surface area (Å²) in [5, 5.41) is 0. The van der Waals surface area contributed by atoms with E-state index in [2.05, 4.69) is 9.05 Å². The van der Waals surface area contributed by atoms with Crippen LogP contribution in [0.3, 0.4) is 0 Å². The van der Waals surface area contributed by atoms with Crippen LogP contribution in [0.15, 0.2) is 0 Å². The fraction of sp³-hybridized carbons (Fsp3) is 1.00. The lowest BCUT2D eigenvalue weighted by Crippen LogP contribution is -1.95. The van der Waals surface area contributed by atoms with Crippen LogP contribution in [0, 0.1) is 0 Å². The van der Waals surface area contributed by atoms with E-state index in [1.54, 1.807) is 0 Å². The summed E-state index contributed by atoms with van der Waals surface area (Å²) in [5.74, 6) is 0. The molecular formula is C4H9F3O4P2. The minimum Gasteiger partial charge on any atom is -0.306 e. The number of rotatable bonds is 6. The fourth-order valence-corrected chi connectivity index (χ4v) is 1.25. The SMILES string of the molecule is CP(=O)(F)OCCCOP(=O)(F)F. The lowest BCUT2D eigenvalue weighted by Gasteiger charge is -2.04. The second-order valence-corrected chi connectivity index (χ2v) is 5.02. The van der Waals surface area contributed by atoms with Crippen molar-refractivity contribution in [1.82, 2.24) is 0 Å². The van der Waals surface area contributed by atoms with Gasteiger partial charge in [-0.15, -0.1) is 8.39 Å². The van der Waals surface area contributed by atoms with Crippen molar-refractivity contribution in [3.8, 4) is 0 Å². The molecule has 0 aromatic carbocycles. The Labute approximate surface area is 73.7 Å². The molecule has 0 aliphatic carbocycles. The average molecular weight is 240 g/mol. The molecule has 0 spiro atoms. The number of hydrogen-bond donors (Lipinski definition) is 0. The molecule has 4 nitrogen and oxygen atoms in total. The summed E-state index contributed by atoms with van der Waals surface area (Å²) in [7, 11) is -9.52. The Morgan fingerprint density at radius 1 is 1.08 bits per heavy atom. The number of hydrogen-bond acceptors (Lipinski definition) is 4. The van der Waals surface area contributed by atoms with Crippen LogP contribution >= 0.6 is 15.7 Å². The largest absolute Gasteiger partial charge is 0.551 e. The van der Waals surface area contributed by atoms with Crippen molar-refractivity contribution in [2.45, 2.75) is 6.42 Å². The third kappa shape index (κ3) is 12.2. The maximum atomic E-state index is 12.1. The van der Waals surface area contributed by atoms with Gasteiger partial charge in [0.05, 0.1) is 13.2 Å². The molecule has 80 valence electrons. The molecule has 0 rings (SSSR count). The van der Waals surface area contributed by atoms with E-state index in [-0.39, 0.29) is 13.0 Å². The summed E-state index contributed by atoms with van der Waals surface area (Å²) >= 11 is 0. The second-order valence-electron chi connectivity index (χ2n) is 2.18. The zero-order chi connectivity index (χ0) is 10.5. The van der Waals surface area contributed by atoms with E-state index in [0.29, 0.717) is 0 Å². The Morgan fingerprint density at radius 3 is 1.92 bits per heavy atom. The molecule has 0 N–H and O–H groups in total. The molecule has 0 aliphatic rings. The van der Waals surface area contributed by atoms with Gasteiger partial charge in [0.25, 0.3) is 0 Å². The standard InChI is InChI=1S/C4H9F3O4P2/c1-12(5,8)10-3-2-4-11-13(6,7)9/h2-4H2,1H3. The van der Waals surface area contributed by atoms with E-state index in [4.69, 9.17) is 0 Å². The minimum absolute atomic E-state index is 0.0976. The first-order valence-corrected chi connectivity index (χ1v) is 6.63. The van der Waals surface area contributed by atoms with Crippen LogP contribution in [0.2, 0.25) is 0 Å². The Balaban J connectivity index is 3.39. The van der Waals surface area contributed by atoms with Gasteiger partial charge in [-0.2, -0.15) is 4.20 Å². The number of halogens is 3. The van der Waals surface area contributed by atoms with Crippen molar-refractivity contribution in [2.75, 3.05) is 19.9 Å². The van der Waals surface area contributed by atoms with Crippen LogP contribution in [-0.2, 0) is 18.2 Å². The van der Waals surface area contributed by atoms with Gasteiger partial charge in [0.1, 0.15) is 0 Å². The van der Waals surface area contributed by atoms with E-state index < -0.39 is 22.3 Å². The fourth-order valence-electron chi connectivity index (χ4n) is 0.457. The lowest BCUT2D eigenvalue weighted by atomic mass is 10.5. The summed E-state index contributed by atoms with van der Waals surface area (Å²) in [6.07, 6.45) is -0.0976. The molecule has 0 radical (unpaired) electrons. The molecule has 0 amide bonds. The summed E-state index contributed by atoms with van der Waals surface area (Å²) in [6.45, 7) is -0.0857. The molecular weight excluding hydrogens is 231 g/mol. The molecule has 0 bridgehead atoms. The van der Waals surface area contributed by atoms with Crippen molar-refractivity contribution in [3.63, 3.8) is 0 Å². The van der Waals surface area contributed by atoms with E-state index >= 15 is 0 Å². The molecule has 0 aromatic rings. The zero-order valence-corrected chi connectivity index (χ0v) is 8.57. The Morgan fingerprint density at radius 2 is 1.54 bits per heavy atom. The average Bonchev–Trinajstić information content (AvgIpc) is 1.81. The monoisotopic (exact) mass is 240 g/mol. The summed E-state index contributed by atoms with van der Waals surface area (Å²) in [6, 6.07) is 0. The maximum absolute atomic E-state index is 12.1. The van der Waals surface area contributed by atoms with Gasteiger partial charge in [-0.25, -0.2) is 4.57 Å². The lowest BCUT2D eigenvalue weighted by molar-refractivity contribution is 0.216. The highest BCUT2D eigenvalue weighted by Crippen LogP contribution is 2.50. The van der Waals surface area contributed by atoms with Crippen molar-refractivity contribution in [1.29, 1.82) is 0 Å². The molecule has 0 saturated carbocycles. The van der Waals surface area contributed by atoms with Crippen LogP contribution in [0.5, 0.6) is 0 Å². The minimum atomic E-state index is -5.46. The molecule has 9 heteroatoms. The van der Waals surface area contributed by atoms with Gasteiger partial charge in [0, 0.05) is 6.66 Å². The Hall–Kier alpha value is 0.170. The second kappa shape index (κ2) is 5.15. The van der Waals surface area contributed by atoms with Gasteiger partial charge in [0.2, 0.25) is 0 Å². The predicted molar refractivity (Wildman–Crippen MR) is 41.0 cm³/mol. The molecule has 1 unspecified atom stereocenters. The van der Waals surface area contributed by atoms with Gasteiger partial charge in [-0.05, 0) is 6.42 Å². The predicted octanol–water partition coefficient (Wildman–Crippen LogP) is 3.25. The first-order chi connectivity index (χ1) is 5.71. The maximum Gasteiger partial charge on any atom is 0.551 e. The van der Waals surface area contributed by atoms with E-state index in [0.717, 1.165) is 6.66 Å². The molecule has 1 atom stereocenters. The van der Waals surface area contributed by atoms with Crippen LogP contribution < -0.4 is 0 Å². The first kappa shape index (κ1) is 13.2. The van der Waals surface area contributed by atoms with Gasteiger partial charge in [-0.3, -0.25) is 9.09 Å². The van der Waals surface area contributed by atoms with Crippen molar-refractivity contribution >= 4 is 15.7 Å². The Kier molecular flexibility index (Phi) is 5.22. The van der Waals surface area contributed by atoms with E-state index in [9.17, 15) is 21.7 Å². The normalized spacial score (nSPS) is 16.9. The van der Waals surface area contributed by atoms with E-state index in [1.165, 1.54) is 0 Å². The molecule has 0 heterocycles. The third-order valence-electron chi connectivity index (χ3n) is 0.852. The third-order valence-corrected chi connectivity index (χ3v) is 1.98. The van der Waals surface area contributed by atoms with Crippen LogP contribution in [0.4, 0.5) is 12.6 Å². The van der Waals surface area contributed by atoms with E-state index in [1.807, 2.05) is 0 Å². The molecule has 0 aliphatic heterocycles. The highest BCUT2D eigenvalue weighted by molar-refractivity contribution is 7.52. The zero-order valence-electron chi connectivity index (χ0n) is 6.78. The highest BCUT2D eigenvalue weighted by Gasteiger charge is 2.20. The Bertz CT molecular complexity index is 210. The smallest absolute Gasteiger partial charge is 0.306 e. The van der Waals surface area contributed by atoms with Gasteiger partial charge >= 0.3 is 15.7 Å². The van der Waals surface area contributed by atoms with Gasteiger partial charge in [0.15, 0.2) is 0 Å². The van der Waals surface area contributed by atoms with Crippen molar-refractivity contribution < 1.29 is 30.8 Å². The topological polar surface area (TPSA) is 52.6 Å². The first-order valence-electron chi connectivity index (χ1n) is 3.26. The van der Waals surface area contributed by atoms with Crippen molar-refractivity contribution in [2.24, 2.45) is 0 Å². The summed E-state index contributed by atoms with van der Waals surface area (Å²) in [5.41, 5.74) is 0. The molecule has 0 fully saturated rings. The van der Waals surface area contributed by atoms with Gasteiger partial charge < -0.3 is 4.52 Å². The van der Waals surface area contributed by atoms with Gasteiger partial charge in [-0.1, -0.05) is 0 Å². The van der Waals surface area contributed by atoms with Crippen LogP contribution in [-0.4, -0.2) is 19.9 Å². The highest BCUT2D eigenvalue weighted by atomic mass is 31.2. The summed E-state index contributed by atoms with van der Waals surface area (Å²) < 4.78 is 62.8. The molecule has 0 saturated heterocycles. The molecule has 13 heavy (non-hydrogen) atoms. The van der Waals surface area contributed by atoms with Crippen LogP contribution in [0.1, 0.15) is 6.42 Å². The van der Waals surface area contributed by atoms with Crippen molar-refractivity contribution in [3.05, 3.63) is 0 Å². The quantitative estimate of drug-likeness (QED) is 0.528. The summed E-state index contributed by atoms with van der Waals surface area (Å²) in [4.78, 5) is 0. The molecule has 0 aromatic heterocycles.